The molecule has 5 nitrogen and oxygen atoms in total. The van der Waals surface area contributed by atoms with Crippen molar-refractivity contribution in [3.8, 4) is 11.5 Å². The molecule has 0 atom stereocenters. The highest BCUT2D eigenvalue weighted by Crippen LogP contribution is 2.34. The van der Waals surface area contributed by atoms with Gasteiger partial charge in [-0.2, -0.15) is 0 Å². The summed E-state index contributed by atoms with van der Waals surface area (Å²) in [5.41, 5.74) is 1.04. The van der Waals surface area contributed by atoms with Gasteiger partial charge in [-0.25, -0.2) is 0 Å². The molecule has 6 heteroatoms. The Balaban J connectivity index is 2.92. The maximum atomic E-state index is 5.50. The van der Waals surface area contributed by atoms with Crippen LogP contribution in [-0.2, 0) is 20.6 Å². The predicted molar refractivity (Wildman–Crippen MR) is 74.7 cm³/mol. The molecule has 0 unspecified atom stereocenters. The topological polar surface area (TPSA) is 46.2 Å². The molecule has 0 aliphatic rings. The number of hydrogen-bond acceptors (Lipinski definition) is 5. The average Bonchev–Trinajstić information content (AvgIpc) is 2.43. The summed E-state index contributed by atoms with van der Waals surface area (Å²) in [7, 11) is 4.82. The van der Waals surface area contributed by atoms with E-state index >= 15 is 0 Å². The molecule has 0 aliphatic carbocycles. The van der Waals surface area contributed by atoms with E-state index in [-0.39, 0.29) is 13.6 Å². The summed E-state index contributed by atoms with van der Waals surface area (Å²) in [6.45, 7) is 0.987. The number of hydrogen-bond donors (Lipinski definition) is 0. The van der Waals surface area contributed by atoms with Gasteiger partial charge in [-0.15, -0.1) is 0 Å². The summed E-state index contributed by atoms with van der Waals surface area (Å²) in [5, 5.41) is 0. The van der Waals surface area contributed by atoms with E-state index in [9.17, 15) is 0 Å². The molecule has 1 rings (SSSR count). The van der Waals surface area contributed by atoms with E-state index in [4.69, 9.17) is 23.7 Å². The maximum absolute atomic E-state index is 5.50. The Bertz CT molecular complexity index is 354. The van der Waals surface area contributed by atoms with Crippen LogP contribution in [-0.4, -0.2) is 41.5 Å². The summed E-state index contributed by atoms with van der Waals surface area (Å²) in [6, 6.07) is 3.72. The lowest BCUT2D eigenvalue weighted by Gasteiger charge is -2.14. The minimum Gasteiger partial charge on any atom is -0.467 e. The van der Waals surface area contributed by atoms with Gasteiger partial charge in [0, 0.05) is 27.4 Å². The molecule has 0 radical (unpaired) electrons. The van der Waals surface area contributed by atoms with Gasteiger partial charge in [0.2, 0.25) is 0 Å². The average molecular weight is 335 g/mol. The summed E-state index contributed by atoms with van der Waals surface area (Å²) in [4.78, 5) is 0. The Morgan fingerprint density at radius 1 is 0.947 bits per heavy atom. The van der Waals surface area contributed by atoms with Crippen molar-refractivity contribution < 1.29 is 23.7 Å². The highest BCUT2D eigenvalue weighted by molar-refractivity contribution is 9.10. The number of ether oxygens (including phenoxy) is 5. The summed E-state index contributed by atoms with van der Waals surface area (Å²) >= 11 is 3.52. The molecule has 0 aromatic heterocycles. The van der Waals surface area contributed by atoms with Crippen LogP contribution in [0.2, 0.25) is 0 Å². The summed E-state index contributed by atoms with van der Waals surface area (Å²) in [5.74, 6) is 1.35. The lowest BCUT2D eigenvalue weighted by atomic mass is 10.1. The van der Waals surface area contributed by atoms with Crippen molar-refractivity contribution in [2.75, 3.05) is 41.5 Å². The zero-order valence-corrected chi connectivity index (χ0v) is 13.0. The molecule has 0 N–H and O–H groups in total. The van der Waals surface area contributed by atoms with Crippen molar-refractivity contribution in [3.05, 3.63) is 22.2 Å². The van der Waals surface area contributed by atoms with Crippen molar-refractivity contribution in [3.63, 3.8) is 0 Å². The fourth-order valence-corrected chi connectivity index (χ4v) is 2.00. The highest BCUT2D eigenvalue weighted by Gasteiger charge is 2.11. The second-order valence-corrected chi connectivity index (χ2v) is 4.53. The van der Waals surface area contributed by atoms with Crippen molar-refractivity contribution in [2.45, 2.75) is 6.42 Å². The minimum atomic E-state index is 0.177. The van der Waals surface area contributed by atoms with E-state index in [0.29, 0.717) is 18.1 Å². The Morgan fingerprint density at radius 3 is 2.26 bits per heavy atom. The number of halogens is 1. The van der Waals surface area contributed by atoms with Crippen LogP contribution in [0.25, 0.3) is 0 Å². The van der Waals surface area contributed by atoms with Gasteiger partial charge in [0.05, 0.1) is 11.1 Å². The predicted octanol–water partition coefficient (Wildman–Crippen LogP) is 2.60. The molecular weight excluding hydrogens is 316 g/mol. The molecule has 0 fully saturated rings. The zero-order chi connectivity index (χ0) is 14.1. The van der Waals surface area contributed by atoms with Crippen LogP contribution in [0.15, 0.2) is 16.6 Å². The van der Waals surface area contributed by atoms with Gasteiger partial charge in [-0.1, -0.05) is 0 Å². The van der Waals surface area contributed by atoms with Gasteiger partial charge in [0.1, 0.15) is 11.5 Å². The van der Waals surface area contributed by atoms with Crippen LogP contribution in [0.5, 0.6) is 11.5 Å². The number of methoxy groups -OCH3 is 3. The van der Waals surface area contributed by atoms with E-state index in [1.807, 2.05) is 6.07 Å². The molecule has 1 aromatic carbocycles. The first-order chi connectivity index (χ1) is 9.22. The van der Waals surface area contributed by atoms with E-state index in [1.54, 1.807) is 27.4 Å². The Morgan fingerprint density at radius 2 is 1.63 bits per heavy atom. The fraction of sp³-hybridized carbons (Fsp3) is 0.538. The Hall–Kier alpha value is -0.820. The molecular formula is C13H19BrO5. The quantitative estimate of drug-likeness (QED) is 0.649. The molecule has 0 bridgehead atoms. The smallest absolute Gasteiger partial charge is 0.188 e. The van der Waals surface area contributed by atoms with Crippen LogP contribution in [0, 0.1) is 0 Å². The van der Waals surface area contributed by atoms with Crippen molar-refractivity contribution in [2.24, 2.45) is 0 Å². The Labute approximate surface area is 121 Å². The van der Waals surface area contributed by atoms with Gasteiger partial charge in [0.25, 0.3) is 0 Å². The molecule has 0 saturated carbocycles. The van der Waals surface area contributed by atoms with Gasteiger partial charge in [-0.05, 0) is 34.0 Å². The van der Waals surface area contributed by atoms with Crippen molar-refractivity contribution in [1.29, 1.82) is 0 Å². The van der Waals surface area contributed by atoms with Crippen molar-refractivity contribution in [1.82, 2.24) is 0 Å². The normalized spacial score (nSPS) is 10.5. The molecule has 0 saturated heterocycles. The number of benzene rings is 1. The van der Waals surface area contributed by atoms with Gasteiger partial charge >= 0.3 is 0 Å². The van der Waals surface area contributed by atoms with Gasteiger partial charge in [-0.3, -0.25) is 0 Å². The first-order valence-corrected chi connectivity index (χ1v) is 6.57. The van der Waals surface area contributed by atoms with Gasteiger partial charge in [0.15, 0.2) is 13.6 Å². The molecule has 0 spiro atoms. The number of rotatable bonds is 9. The van der Waals surface area contributed by atoms with Crippen LogP contribution in [0.1, 0.15) is 5.56 Å². The second kappa shape index (κ2) is 9.14. The molecule has 108 valence electrons. The molecule has 1 aromatic rings. The fourth-order valence-electron chi connectivity index (χ4n) is 1.46. The second-order valence-electron chi connectivity index (χ2n) is 3.74. The van der Waals surface area contributed by atoms with Crippen LogP contribution in [0.3, 0.4) is 0 Å². The summed E-state index contributed by atoms with van der Waals surface area (Å²) < 4.78 is 26.7. The first-order valence-electron chi connectivity index (χ1n) is 5.77. The van der Waals surface area contributed by atoms with E-state index in [1.165, 1.54) is 0 Å². The Kier molecular flexibility index (Phi) is 7.81. The molecule has 0 aliphatic heterocycles. The standard InChI is InChI=1S/C13H19BrO5/c1-15-5-4-10-6-11(18-8-16-2)7-12(13(10)14)19-9-17-3/h6-7H,4-5,8-9H2,1-3H3. The van der Waals surface area contributed by atoms with Gasteiger partial charge < -0.3 is 23.7 Å². The third kappa shape index (κ3) is 5.36. The molecule has 0 amide bonds. The third-order valence-electron chi connectivity index (χ3n) is 2.34. The van der Waals surface area contributed by atoms with Crippen LogP contribution in [0.4, 0.5) is 0 Å². The van der Waals surface area contributed by atoms with Crippen molar-refractivity contribution >= 4 is 15.9 Å². The first kappa shape index (κ1) is 16.2. The lowest BCUT2D eigenvalue weighted by molar-refractivity contribution is 0.0455. The lowest BCUT2D eigenvalue weighted by Crippen LogP contribution is -2.05. The zero-order valence-electron chi connectivity index (χ0n) is 11.4. The summed E-state index contributed by atoms with van der Waals surface area (Å²) in [6.07, 6.45) is 0.755. The van der Waals surface area contributed by atoms with E-state index < -0.39 is 0 Å². The SMILES string of the molecule is COCCc1cc(OCOC)cc(OCOC)c1Br. The van der Waals surface area contributed by atoms with Crippen LogP contribution >= 0.6 is 15.9 Å². The minimum absolute atomic E-state index is 0.177. The largest absolute Gasteiger partial charge is 0.467 e. The van der Waals surface area contributed by atoms with E-state index in [2.05, 4.69) is 15.9 Å². The van der Waals surface area contributed by atoms with Crippen LogP contribution < -0.4 is 9.47 Å². The maximum Gasteiger partial charge on any atom is 0.188 e. The monoisotopic (exact) mass is 334 g/mol. The molecule has 19 heavy (non-hydrogen) atoms. The molecule has 0 heterocycles. The third-order valence-corrected chi connectivity index (χ3v) is 3.24. The highest BCUT2D eigenvalue weighted by atomic mass is 79.9. The van der Waals surface area contributed by atoms with E-state index in [0.717, 1.165) is 16.5 Å².